The average Bonchev–Trinajstić information content (AvgIpc) is 2.69. The molecule has 1 nitrogen and oxygen atoms in total. The van der Waals surface area contributed by atoms with Crippen LogP contribution in [0.2, 0.25) is 0 Å². The summed E-state index contributed by atoms with van der Waals surface area (Å²) in [5.74, 6) is 0. The van der Waals surface area contributed by atoms with Crippen LogP contribution >= 0.6 is 0 Å². The summed E-state index contributed by atoms with van der Waals surface area (Å²) < 4.78 is 5.62. The van der Waals surface area contributed by atoms with Crippen LogP contribution in [-0.2, 0) is 11.3 Å². The second-order valence-corrected chi connectivity index (χ2v) is 3.03. The van der Waals surface area contributed by atoms with Crippen LogP contribution < -0.4 is 0 Å². The minimum Gasteiger partial charge on any atom is -0.365 e. The van der Waals surface area contributed by atoms with Crippen molar-refractivity contribution in [3.63, 3.8) is 0 Å². The fourth-order valence-electron chi connectivity index (χ4n) is 1.29. The minimum absolute atomic E-state index is 0.167. The highest BCUT2D eigenvalue weighted by Gasteiger charge is 2.02. The molecule has 0 spiro atoms. The molecule has 1 aromatic carbocycles. The summed E-state index contributed by atoms with van der Waals surface area (Å²) in [5, 5.41) is 0. The van der Waals surface area contributed by atoms with Gasteiger partial charge in [-0.15, -0.1) is 0 Å². The highest BCUT2D eigenvalue weighted by Crippen LogP contribution is 2.08. The van der Waals surface area contributed by atoms with Crippen molar-refractivity contribution in [2.75, 3.05) is 0 Å². The standard InChI is InChI=1S/C12H12O/c1-2-6-11(7-3-1)10-13-12-8-4-5-9-12/h1-9,12H,10H2. The fraction of sp³-hybridized carbons (Fsp3) is 0.167. The van der Waals surface area contributed by atoms with Gasteiger partial charge in [-0.1, -0.05) is 54.6 Å². The van der Waals surface area contributed by atoms with Gasteiger partial charge in [-0.2, -0.15) is 0 Å². The van der Waals surface area contributed by atoms with Gasteiger partial charge in [0.1, 0.15) is 0 Å². The monoisotopic (exact) mass is 172 g/mol. The quantitative estimate of drug-likeness (QED) is 0.681. The summed E-state index contributed by atoms with van der Waals surface area (Å²) in [6, 6.07) is 10.2. The molecule has 1 heteroatoms. The Kier molecular flexibility index (Phi) is 2.58. The van der Waals surface area contributed by atoms with Gasteiger partial charge in [0.05, 0.1) is 12.7 Å². The molecule has 1 aliphatic carbocycles. The average molecular weight is 172 g/mol. The minimum atomic E-state index is 0.167. The van der Waals surface area contributed by atoms with Crippen molar-refractivity contribution < 1.29 is 4.74 Å². The van der Waals surface area contributed by atoms with Crippen LogP contribution in [0.1, 0.15) is 5.56 Å². The lowest BCUT2D eigenvalue weighted by atomic mass is 10.2. The van der Waals surface area contributed by atoms with E-state index >= 15 is 0 Å². The van der Waals surface area contributed by atoms with E-state index in [-0.39, 0.29) is 6.10 Å². The first-order valence-electron chi connectivity index (χ1n) is 4.46. The number of allylic oxidation sites excluding steroid dienone is 2. The molecule has 0 N–H and O–H groups in total. The Morgan fingerprint density at radius 3 is 2.38 bits per heavy atom. The van der Waals surface area contributed by atoms with E-state index in [1.165, 1.54) is 5.56 Å². The van der Waals surface area contributed by atoms with E-state index in [2.05, 4.69) is 12.1 Å². The lowest BCUT2D eigenvalue weighted by Gasteiger charge is -2.07. The van der Waals surface area contributed by atoms with Gasteiger partial charge in [0.2, 0.25) is 0 Å². The Balaban J connectivity index is 1.86. The lowest BCUT2D eigenvalue weighted by Crippen LogP contribution is -2.03. The van der Waals surface area contributed by atoms with E-state index in [4.69, 9.17) is 4.74 Å². The van der Waals surface area contributed by atoms with Gasteiger partial charge in [0, 0.05) is 0 Å². The second-order valence-electron chi connectivity index (χ2n) is 3.03. The zero-order valence-electron chi connectivity index (χ0n) is 7.39. The van der Waals surface area contributed by atoms with Crippen LogP contribution in [0, 0.1) is 0 Å². The first-order valence-corrected chi connectivity index (χ1v) is 4.46. The number of hydrogen-bond donors (Lipinski definition) is 0. The molecule has 0 heterocycles. The predicted molar refractivity (Wildman–Crippen MR) is 53.3 cm³/mol. The van der Waals surface area contributed by atoms with Crippen LogP contribution in [-0.4, -0.2) is 6.10 Å². The number of benzene rings is 1. The molecule has 0 bridgehead atoms. The van der Waals surface area contributed by atoms with Crippen molar-refractivity contribution in [2.45, 2.75) is 12.7 Å². The molecular formula is C12H12O. The molecule has 0 atom stereocenters. The molecule has 1 aromatic rings. The summed E-state index contributed by atoms with van der Waals surface area (Å²) in [4.78, 5) is 0. The molecule has 0 saturated carbocycles. The van der Waals surface area contributed by atoms with E-state index in [1.54, 1.807) is 0 Å². The zero-order chi connectivity index (χ0) is 8.93. The topological polar surface area (TPSA) is 9.23 Å². The molecule has 0 aliphatic heterocycles. The highest BCUT2D eigenvalue weighted by molar-refractivity contribution is 5.19. The van der Waals surface area contributed by atoms with Crippen LogP contribution in [0.15, 0.2) is 54.6 Å². The van der Waals surface area contributed by atoms with Gasteiger partial charge in [-0.3, -0.25) is 0 Å². The van der Waals surface area contributed by atoms with E-state index in [9.17, 15) is 0 Å². The van der Waals surface area contributed by atoms with Crippen LogP contribution in [0.4, 0.5) is 0 Å². The number of ether oxygens (including phenoxy) is 1. The molecule has 0 aromatic heterocycles. The summed E-state index contributed by atoms with van der Waals surface area (Å²) in [5.41, 5.74) is 1.22. The van der Waals surface area contributed by atoms with Gasteiger partial charge in [-0.25, -0.2) is 0 Å². The van der Waals surface area contributed by atoms with E-state index in [1.807, 2.05) is 42.5 Å². The largest absolute Gasteiger partial charge is 0.365 e. The first-order chi connectivity index (χ1) is 6.45. The van der Waals surface area contributed by atoms with Gasteiger partial charge >= 0.3 is 0 Å². The molecule has 1 aliphatic rings. The van der Waals surface area contributed by atoms with Gasteiger partial charge in [0.25, 0.3) is 0 Å². The lowest BCUT2D eigenvalue weighted by molar-refractivity contribution is 0.103. The number of rotatable bonds is 3. The van der Waals surface area contributed by atoms with E-state index in [0.29, 0.717) is 6.61 Å². The molecule has 0 amide bonds. The third-order valence-corrected chi connectivity index (χ3v) is 2.00. The van der Waals surface area contributed by atoms with E-state index in [0.717, 1.165) is 0 Å². The maximum Gasteiger partial charge on any atom is 0.0948 e. The SMILES string of the molecule is C1=CC(OCc2ccccc2)C=C1. The fourth-order valence-corrected chi connectivity index (χ4v) is 1.29. The smallest absolute Gasteiger partial charge is 0.0948 e. The molecule has 2 rings (SSSR count). The van der Waals surface area contributed by atoms with Crippen molar-refractivity contribution in [1.82, 2.24) is 0 Å². The normalized spacial score (nSPS) is 15.4. The molecule has 0 saturated heterocycles. The van der Waals surface area contributed by atoms with Crippen molar-refractivity contribution in [3.05, 3.63) is 60.2 Å². The van der Waals surface area contributed by atoms with Crippen molar-refractivity contribution in [3.8, 4) is 0 Å². The molecule has 0 unspecified atom stereocenters. The summed E-state index contributed by atoms with van der Waals surface area (Å²) in [6.45, 7) is 0.681. The zero-order valence-corrected chi connectivity index (χ0v) is 7.39. The Bertz CT molecular complexity index is 299. The summed E-state index contributed by atoms with van der Waals surface area (Å²) >= 11 is 0. The molecule has 13 heavy (non-hydrogen) atoms. The van der Waals surface area contributed by atoms with Crippen LogP contribution in [0.25, 0.3) is 0 Å². The first kappa shape index (κ1) is 8.27. The Labute approximate surface area is 78.3 Å². The van der Waals surface area contributed by atoms with Crippen LogP contribution in [0.5, 0.6) is 0 Å². The highest BCUT2D eigenvalue weighted by atomic mass is 16.5. The molecule has 0 radical (unpaired) electrons. The second kappa shape index (κ2) is 4.06. The molecular weight excluding hydrogens is 160 g/mol. The Morgan fingerprint density at radius 2 is 1.69 bits per heavy atom. The van der Waals surface area contributed by atoms with Crippen molar-refractivity contribution in [1.29, 1.82) is 0 Å². The van der Waals surface area contributed by atoms with Gasteiger partial charge < -0.3 is 4.74 Å². The molecule has 66 valence electrons. The van der Waals surface area contributed by atoms with E-state index < -0.39 is 0 Å². The van der Waals surface area contributed by atoms with Gasteiger partial charge in [0.15, 0.2) is 0 Å². The Morgan fingerprint density at radius 1 is 1.00 bits per heavy atom. The van der Waals surface area contributed by atoms with Crippen LogP contribution in [0.3, 0.4) is 0 Å². The predicted octanol–water partition coefficient (Wildman–Crippen LogP) is 2.70. The summed E-state index contributed by atoms with van der Waals surface area (Å²) in [7, 11) is 0. The van der Waals surface area contributed by atoms with Crippen molar-refractivity contribution in [2.24, 2.45) is 0 Å². The maximum absolute atomic E-state index is 5.62. The van der Waals surface area contributed by atoms with Gasteiger partial charge in [-0.05, 0) is 5.56 Å². The third kappa shape index (κ3) is 2.30. The van der Waals surface area contributed by atoms with Crippen molar-refractivity contribution >= 4 is 0 Å². The number of hydrogen-bond acceptors (Lipinski definition) is 1. The summed E-state index contributed by atoms with van der Waals surface area (Å²) in [6.07, 6.45) is 8.28. The maximum atomic E-state index is 5.62. The Hall–Kier alpha value is -1.34. The third-order valence-electron chi connectivity index (χ3n) is 2.00. The molecule has 0 fully saturated rings.